The summed E-state index contributed by atoms with van der Waals surface area (Å²) < 4.78 is 0. The zero-order chi connectivity index (χ0) is 7.40. The molecular weight excluding hydrogens is 128 g/mol. The predicted octanol–water partition coefficient (Wildman–Crippen LogP) is 0.643. The number of nitrogens with one attached hydrogen (secondary N) is 1. The van der Waals surface area contributed by atoms with E-state index in [0.29, 0.717) is 0 Å². The van der Waals surface area contributed by atoms with Gasteiger partial charge in [0.25, 0.3) is 0 Å². The van der Waals surface area contributed by atoms with Crippen molar-refractivity contribution in [1.29, 1.82) is 0 Å². The number of hydrogen-bond donors (Lipinski definition) is 2. The van der Waals surface area contributed by atoms with Gasteiger partial charge in [-0.1, -0.05) is 0 Å². The van der Waals surface area contributed by atoms with Crippen LogP contribution in [0.5, 0.6) is 0 Å². The third-order valence-electron chi connectivity index (χ3n) is 1.33. The average Bonchev–Trinajstić information content (AvgIpc) is 2.31. The second-order valence-corrected chi connectivity index (χ2v) is 2.34. The van der Waals surface area contributed by atoms with E-state index in [1.54, 1.807) is 6.20 Å². The molecule has 0 spiro atoms. The first-order valence-corrected chi connectivity index (χ1v) is 3.44. The highest BCUT2D eigenvalue weighted by atomic mass is 16.2. The minimum absolute atomic E-state index is 0.236. The van der Waals surface area contributed by atoms with Crippen molar-refractivity contribution in [2.24, 2.45) is 0 Å². The molecule has 0 saturated heterocycles. The molecule has 0 atom stereocenters. The Kier molecular flexibility index (Phi) is 2.45. The van der Waals surface area contributed by atoms with E-state index in [0.717, 1.165) is 24.4 Å². The molecule has 0 saturated carbocycles. The molecular formula is C7H12N2O. The van der Waals surface area contributed by atoms with E-state index in [1.807, 2.05) is 6.92 Å². The molecule has 0 aromatic carbocycles. The lowest BCUT2D eigenvalue weighted by molar-refractivity contribution is 0.287. The van der Waals surface area contributed by atoms with Crippen LogP contribution >= 0.6 is 0 Å². The molecule has 1 heterocycles. The van der Waals surface area contributed by atoms with Crippen LogP contribution in [0.4, 0.5) is 0 Å². The molecule has 56 valence electrons. The van der Waals surface area contributed by atoms with Gasteiger partial charge in [-0.25, -0.2) is 4.98 Å². The molecule has 0 fully saturated rings. The number of aryl methyl sites for hydroxylation is 2. The molecule has 3 heteroatoms. The highest BCUT2D eigenvalue weighted by Crippen LogP contribution is 1.97. The summed E-state index contributed by atoms with van der Waals surface area (Å²) in [5.41, 5.74) is 1.08. The van der Waals surface area contributed by atoms with Gasteiger partial charge in [-0.15, -0.1) is 0 Å². The van der Waals surface area contributed by atoms with E-state index in [4.69, 9.17) is 5.11 Å². The number of nitrogens with zero attached hydrogens (tertiary/aromatic N) is 1. The standard InChI is InChI=1S/C7H12N2O/c1-6-5-8-7(9-6)3-2-4-10/h5,10H,2-4H2,1H3,(H,8,9). The first kappa shape index (κ1) is 7.28. The number of aromatic nitrogens is 2. The van der Waals surface area contributed by atoms with Crippen molar-refractivity contribution in [3.63, 3.8) is 0 Å². The smallest absolute Gasteiger partial charge is 0.106 e. The maximum Gasteiger partial charge on any atom is 0.106 e. The minimum Gasteiger partial charge on any atom is -0.396 e. The van der Waals surface area contributed by atoms with Crippen LogP contribution in [0.3, 0.4) is 0 Å². The average molecular weight is 140 g/mol. The van der Waals surface area contributed by atoms with Crippen LogP contribution in [-0.4, -0.2) is 21.7 Å². The molecule has 2 N–H and O–H groups in total. The van der Waals surface area contributed by atoms with Gasteiger partial charge in [0.15, 0.2) is 0 Å². The highest BCUT2D eigenvalue weighted by molar-refractivity contribution is 4.98. The van der Waals surface area contributed by atoms with Crippen molar-refractivity contribution in [3.05, 3.63) is 17.7 Å². The van der Waals surface area contributed by atoms with Gasteiger partial charge in [-0.3, -0.25) is 0 Å². The Morgan fingerprint density at radius 3 is 3.00 bits per heavy atom. The Morgan fingerprint density at radius 1 is 1.70 bits per heavy atom. The molecule has 0 aliphatic heterocycles. The van der Waals surface area contributed by atoms with Crippen molar-refractivity contribution in [2.75, 3.05) is 6.61 Å². The van der Waals surface area contributed by atoms with Gasteiger partial charge in [0.2, 0.25) is 0 Å². The molecule has 0 unspecified atom stereocenters. The molecule has 0 amide bonds. The fourth-order valence-electron chi connectivity index (χ4n) is 0.840. The normalized spacial score (nSPS) is 10.2. The van der Waals surface area contributed by atoms with Crippen molar-refractivity contribution in [1.82, 2.24) is 9.97 Å². The van der Waals surface area contributed by atoms with Gasteiger partial charge >= 0.3 is 0 Å². The molecule has 10 heavy (non-hydrogen) atoms. The fraction of sp³-hybridized carbons (Fsp3) is 0.571. The van der Waals surface area contributed by atoms with E-state index >= 15 is 0 Å². The SMILES string of the molecule is Cc1cnc(CCCO)[nH]1. The number of imidazole rings is 1. The number of rotatable bonds is 3. The monoisotopic (exact) mass is 140 g/mol. The zero-order valence-electron chi connectivity index (χ0n) is 6.09. The van der Waals surface area contributed by atoms with Crippen molar-refractivity contribution in [3.8, 4) is 0 Å². The number of aromatic amines is 1. The summed E-state index contributed by atoms with van der Waals surface area (Å²) in [4.78, 5) is 7.18. The van der Waals surface area contributed by atoms with Crippen LogP contribution in [0.2, 0.25) is 0 Å². The number of aliphatic hydroxyl groups is 1. The largest absolute Gasteiger partial charge is 0.396 e. The van der Waals surface area contributed by atoms with Crippen LogP contribution < -0.4 is 0 Å². The molecule has 0 aliphatic carbocycles. The second-order valence-electron chi connectivity index (χ2n) is 2.34. The molecule has 3 nitrogen and oxygen atoms in total. The van der Waals surface area contributed by atoms with E-state index in [2.05, 4.69) is 9.97 Å². The molecule has 0 bridgehead atoms. The minimum atomic E-state index is 0.236. The molecule has 1 aromatic heterocycles. The topological polar surface area (TPSA) is 48.9 Å². The Hall–Kier alpha value is -0.830. The Labute approximate surface area is 60.1 Å². The summed E-state index contributed by atoms with van der Waals surface area (Å²) in [6, 6.07) is 0. The van der Waals surface area contributed by atoms with Crippen molar-refractivity contribution >= 4 is 0 Å². The van der Waals surface area contributed by atoms with E-state index in [1.165, 1.54) is 0 Å². The Bertz CT molecular complexity index is 195. The summed E-state index contributed by atoms with van der Waals surface area (Å²) in [6.45, 7) is 2.20. The van der Waals surface area contributed by atoms with Crippen LogP contribution in [0, 0.1) is 6.92 Å². The lowest BCUT2D eigenvalue weighted by Gasteiger charge is -1.90. The Balaban J connectivity index is 2.42. The molecule has 1 aromatic rings. The van der Waals surface area contributed by atoms with Crippen molar-refractivity contribution < 1.29 is 5.11 Å². The summed E-state index contributed by atoms with van der Waals surface area (Å²) in [5.74, 6) is 0.964. The third kappa shape index (κ3) is 1.84. The molecule has 1 rings (SSSR count). The van der Waals surface area contributed by atoms with Gasteiger partial charge in [0.05, 0.1) is 0 Å². The summed E-state index contributed by atoms with van der Waals surface area (Å²) in [6.07, 6.45) is 3.42. The van der Waals surface area contributed by atoms with E-state index in [9.17, 15) is 0 Å². The van der Waals surface area contributed by atoms with Crippen LogP contribution in [-0.2, 0) is 6.42 Å². The Morgan fingerprint density at radius 2 is 2.50 bits per heavy atom. The molecule has 0 aliphatic rings. The fourth-order valence-corrected chi connectivity index (χ4v) is 0.840. The van der Waals surface area contributed by atoms with Gasteiger partial charge in [0, 0.05) is 24.9 Å². The first-order valence-electron chi connectivity index (χ1n) is 3.44. The van der Waals surface area contributed by atoms with Gasteiger partial charge < -0.3 is 10.1 Å². The second kappa shape index (κ2) is 3.37. The van der Waals surface area contributed by atoms with Crippen molar-refractivity contribution in [2.45, 2.75) is 19.8 Å². The van der Waals surface area contributed by atoms with Gasteiger partial charge in [0.1, 0.15) is 5.82 Å². The van der Waals surface area contributed by atoms with Crippen LogP contribution in [0.15, 0.2) is 6.20 Å². The summed E-state index contributed by atoms with van der Waals surface area (Å²) in [5, 5.41) is 8.49. The van der Waals surface area contributed by atoms with Crippen LogP contribution in [0.25, 0.3) is 0 Å². The number of H-pyrrole nitrogens is 1. The van der Waals surface area contributed by atoms with E-state index in [-0.39, 0.29) is 6.61 Å². The summed E-state index contributed by atoms with van der Waals surface area (Å²) in [7, 11) is 0. The van der Waals surface area contributed by atoms with Gasteiger partial charge in [-0.2, -0.15) is 0 Å². The van der Waals surface area contributed by atoms with E-state index < -0.39 is 0 Å². The first-order chi connectivity index (χ1) is 4.83. The maximum absolute atomic E-state index is 8.49. The summed E-state index contributed by atoms with van der Waals surface area (Å²) >= 11 is 0. The third-order valence-corrected chi connectivity index (χ3v) is 1.33. The lowest BCUT2D eigenvalue weighted by atomic mass is 10.3. The lowest BCUT2D eigenvalue weighted by Crippen LogP contribution is -1.91. The van der Waals surface area contributed by atoms with Crippen LogP contribution in [0.1, 0.15) is 17.9 Å². The van der Waals surface area contributed by atoms with Gasteiger partial charge in [-0.05, 0) is 13.3 Å². The predicted molar refractivity (Wildman–Crippen MR) is 38.7 cm³/mol. The zero-order valence-corrected chi connectivity index (χ0v) is 6.09. The molecule has 0 radical (unpaired) electrons. The highest BCUT2D eigenvalue weighted by Gasteiger charge is 1.94. The quantitative estimate of drug-likeness (QED) is 0.647. The maximum atomic E-state index is 8.49. The number of hydrogen-bond acceptors (Lipinski definition) is 2. The number of aliphatic hydroxyl groups excluding tert-OH is 1.